The maximum Gasteiger partial charge on any atom is 0.309 e. The SMILES string of the molecule is CO[C@@H](CCCCCCC(C)(C)C(=O)O)[C@@H](O)CCCCCCC(C)(C)C(=O)O. The first-order chi connectivity index (χ1) is 13.4. The number of rotatable bonds is 18. The number of carboxylic acids is 2. The number of unbranched alkanes of at least 4 members (excludes halogenated alkanes) is 6. The van der Waals surface area contributed by atoms with Crippen LogP contribution < -0.4 is 0 Å². The minimum Gasteiger partial charge on any atom is -0.481 e. The maximum atomic E-state index is 11.1. The number of aliphatic hydroxyl groups is 1. The van der Waals surface area contributed by atoms with Crippen molar-refractivity contribution in [3.63, 3.8) is 0 Å². The molecule has 29 heavy (non-hydrogen) atoms. The summed E-state index contributed by atoms with van der Waals surface area (Å²) in [5.41, 5.74) is -1.32. The van der Waals surface area contributed by atoms with Crippen LogP contribution in [0.2, 0.25) is 0 Å². The average Bonchev–Trinajstić information content (AvgIpc) is 2.63. The lowest BCUT2D eigenvalue weighted by atomic mass is 9.87. The van der Waals surface area contributed by atoms with Crippen molar-refractivity contribution in [1.29, 1.82) is 0 Å². The fourth-order valence-electron chi connectivity index (χ4n) is 3.41. The van der Waals surface area contributed by atoms with Crippen LogP contribution in [0, 0.1) is 10.8 Å². The van der Waals surface area contributed by atoms with E-state index in [0.29, 0.717) is 19.3 Å². The Labute approximate surface area is 177 Å². The van der Waals surface area contributed by atoms with Gasteiger partial charge in [-0.05, 0) is 53.4 Å². The van der Waals surface area contributed by atoms with Crippen LogP contribution in [0.15, 0.2) is 0 Å². The molecule has 0 aromatic heterocycles. The number of carbonyl (C=O) groups is 2. The molecular formula is C23H44O6. The van der Waals surface area contributed by atoms with E-state index in [1.807, 2.05) is 0 Å². The van der Waals surface area contributed by atoms with Crippen molar-refractivity contribution in [2.75, 3.05) is 7.11 Å². The normalized spacial score (nSPS) is 14.6. The average molecular weight is 417 g/mol. The fourth-order valence-corrected chi connectivity index (χ4v) is 3.41. The molecule has 0 spiro atoms. The number of carboxylic acid groups (broad SMARTS) is 2. The lowest BCUT2D eigenvalue weighted by Gasteiger charge is -2.22. The summed E-state index contributed by atoms with van der Waals surface area (Å²) in [6.45, 7) is 7.05. The van der Waals surface area contributed by atoms with Crippen molar-refractivity contribution >= 4 is 11.9 Å². The standard InChI is InChI=1S/C23H44O6/c1-22(2,20(25)26)16-12-8-6-10-14-18(24)19(29-5)15-11-7-9-13-17-23(3,4)21(27)28/h18-19,24H,6-17H2,1-5H3,(H,25,26)(H,27,28)/t18-,19-/m0/s1. The van der Waals surface area contributed by atoms with E-state index in [0.717, 1.165) is 57.8 Å². The molecule has 172 valence electrons. The van der Waals surface area contributed by atoms with Gasteiger partial charge in [-0.15, -0.1) is 0 Å². The van der Waals surface area contributed by atoms with E-state index in [1.165, 1.54) is 0 Å². The lowest BCUT2D eigenvalue weighted by Crippen LogP contribution is -2.28. The summed E-state index contributed by atoms with van der Waals surface area (Å²) in [7, 11) is 1.64. The van der Waals surface area contributed by atoms with Gasteiger partial charge in [-0.3, -0.25) is 9.59 Å². The second kappa shape index (κ2) is 14.0. The molecule has 3 N–H and O–H groups in total. The Morgan fingerprint density at radius 2 is 1.10 bits per heavy atom. The highest BCUT2D eigenvalue weighted by Gasteiger charge is 2.27. The smallest absolute Gasteiger partial charge is 0.309 e. The van der Waals surface area contributed by atoms with E-state index in [-0.39, 0.29) is 6.10 Å². The van der Waals surface area contributed by atoms with Gasteiger partial charge in [-0.2, -0.15) is 0 Å². The predicted molar refractivity (Wildman–Crippen MR) is 115 cm³/mol. The first-order valence-electron chi connectivity index (χ1n) is 11.1. The first-order valence-corrected chi connectivity index (χ1v) is 11.1. The van der Waals surface area contributed by atoms with E-state index in [1.54, 1.807) is 34.8 Å². The van der Waals surface area contributed by atoms with Gasteiger partial charge < -0.3 is 20.1 Å². The van der Waals surface area contributed by atoms with Crippen molar-refractivity contribution in [1.82, 2.24) is 0 Å². The quantitative estimate of drug-likeness (QED) is 0.263. The number of aliphatic carboxylic acids is 2. The van der Waals surface area contributed by atoms with Gasteiger partial charge in [-0.25, -0.2) is 0 Å². The highest BCUT2D eigenvalue weighted by Crippen LogP contribution is 2.25. The van der Waals surface area contributed by atoms with E-state index >= 15 is 0 Å². The van der Waals surface area contributed by atoms with Gasteiger partial charge in [0.1, 0.15) is 0 Å². The van der Waals surface area contributed by atoms with E-state index in [9.17, 15) is 14.7 Å². The number of hydrogen-bond acceptors (Lipinski definition) is 4. The Morgan fingerprint density at radius 1 is 0.724 bits per heavy atom. The number of methoxy groups -OCH3 is 1. The molecule has 0 saturated carbocycles. The summed E-state index contributed by atoms with van der Waals surface area (Å²) in [6.07, 6.45) is 9.90. The predicted octanol–water partition coefficient (Wildman–Crippen LogP) is 5.27. The summed E-state index contributed by atoms with van der Waals surface area (Å²) < 4.78 is 5.46. The molecule has 0 aliphatic heterocycles. The number of ether oxygens (including phenoxy) is 1. The topological polar surface area (TPSA) is 104 Å². The maximum absolute atomic E-state index is 11.1. The second-order valence-corrected chi connectivity index (χ2v) is 9.63. The lowest BCUT2D eigenvalue weighted by molar-refractivity contribution is -0.148. The third-order valence-corrected chi connectivity index (χ3v) is 5.98. The highest BCUT2D eigenvalue weighted by molar-refractivity contribution is 5.73. The molecular weight excluding hydrogens is 372 g/mol. The van der Waals surface area contributed by atoms with Gasteiger partial charge in [0.25, 0.3) is 0 Å². The van der Waals surface area contributed by atoms with Gasteiger partial charge in [-0.1, -0.05) is 51.4 Å². The van der Waals surface area contributed by atoms with Crippen molar-refractivity contribution < 1.29 is 29.6 Å². The van der Waals surface area contributed by atoms with E-state index in [2.05, 4.69) is 0 Å². The molecule has 0 amide bonds. The summed E-state index contributed by atoms with van der Waals surface area (Å²) in [5, 5.41) is 28.6. The fraction of sp³-hybridized carbons (Fsp3) is 0.913. The van der Waals surface area contributed by atoms with Crippen LogP contribution in [0.25, 0.3) is 0 Å². The monoisotopic (exact) mass is 416 g/mol. The number of hydrogen-bond donors (Lipinski definition) is 3. The van der Waals surface area contributed by atoms with E-state index in [4.69, 9.17) is 14.9 Å². The number of aliphatic hydroxyl groups excluding tert-OH is 1. The zero-order valence-corrected chi connectivity index (χ0v) is 19.2. The van der Waals surface area contributed by atoms with Crippen LogP contribution in [0.5, 0.6) is 0 Å². The zero-order chi connectivity index (χ0) is 22.5. The molecule has 0 bridgehead atoms. The molecule has 6 nitrogen and oxygen atoms in total. The second-order valence-electron chi connectivity index (χ2n) is 9.63. The first kappa shape index (κ1) is 27.9. The van der Waals surface area contributed by atoms with Crippen molar-refractivity contribution in [3.05, 3.63) is 0 Å². The van der Waals surface area contributed by atoms with Gasteiger partial charge in [0.05, 0.1) is 23.0 Å². The Bertz CT molecular complexity index is 472. The molecule has 0 unspecified atom stereocenters. The zero-order valence-electron chi connectivity index (χ0n) is 19.2. The van der Waals surface area contributed by atoms with Crippen LogP contribution >= 0.6 is 0 Å². The van der Waals surface area contributed by atoms with Crippen LogP contribution in [0.4, 0.5) is 0 Å². The molecule has 0 saturated heterocycles. The Morgan fingerprint density at radius 3 is 1.48 bits per heavy atom. The van der Waals surface area contributed by atoms with Gasteiger partial charge >= 0.3 is 11.9 Å². The Hall–Kier alpha value is -1.14. The molecule has 0 aliphatic rings. The molecule has 0 rings (SSSR count). The minimum atomic E-state index is -0.749. The minimum absolute atomic E-state index is 0.156. The highest BCUT2D eigenvalue weighted by atomic mass is 16.5. The van der Waals surface area contributed by atoms with Crippen LogP contribution in [0.3, 0.4) is 0 Å². The molecule has 0 aromatic rings. The van der Waals surface area contributed by atoms with E-state index < -0.39 is 28.9 Å². The van der Waals surface area contributed by atoms with Gasteiger partial charge in [0, 0.05) is 7.11 Å². The molecule has 0 heterocycles. The van der Waals surface area contributed by atoms with Crippen LogP contribution in [-0.2, 0) is 14.3 Å². The van der Waals surface area contributed by atoms with Gasteiger partial charge in [0.15, 0.2) is 0 Å². The molecule has 6 heteroatoms. The van der Waals surface area contributed by atoms with Crippen molar-refractivity contribution in [2.45, 2.75) is 117 Å². The van der Waals surface area contributed by atoms with Gasteiger partial charge in [0.2, 0.25) is 0 Å². The molecule has 0 radical (unpaired) electrons. The third-order valence-electron chi connectivity index (χ3n) is 5.98. The molecule has 0 aliphatic carbocycles. The summed E-state index contributed by atoms with van der Waals surface area (Å²) in [5.74, 6) is -1.49. The summed E-state index contributed by atoms with van der Waals surface area (Å²) in [4.78, 5) is 22.2. The van der Waals surface area contributed by atoms with Crippen LogP contribution in [-0.4, -0.2) is 46.6 Å². The Balaban J connectivity index is 3.86. The largest absolute Gasteiger partial charge is 0.481 e. The molecule has 2 atom stereocenters. The van der Waals surface area contributed by atoms with Crippen LogP contribution in [0.1, 0.15) is 105 Å². The summed E-state index contributed by atoms with van der Waals surface area (Å²) >= 11 is 0. The van der Waals surface area contributed by atoms with Crippen molar-refractivity contribution in [2.24, 2.45) is 10.8 Å². The Kier molecular flexibility index (Phi) is 13.4. The molecule has 0 fully saturated rings. The summed E-state index contributed by atoms with van der Waals surface area (Å²) in [6, 6.07) is 0. The molecule has 0 aromatic carbocycles. The third kappa shape index (κ3) is 12.2. The van der Waals surface area contributed by atoms with Crippen molar-refractivity contribution in [3.8, 4) is 0 Å².